The summed E-state index contributed by atoms with van der Waals surface area (Å²) in [5.41, 5.74) is 2.32. The maximum Gasteiger partial charge on any atom is 0.240 e. The van der Waals surface area contributed by atoms with Crippen molar-refractivity contribution in [2.75, 3.05) is 5.43 Å². The van der Waals surface area contributed by atoms with Crippen LogP contribution in [0.1, 0.15) is 19.1 Å². The molecule has 0 bridgehead atoms. The zero-order valence-electron chi connectivity index (χ0n) is 11.6. The van der Waals surface area contributed by atoms with Gasteiger partial charge in [-0.3, -0.25) is 0 Å². The number of hydrazine groups is 1. The van der Waals surface area contributed by atoms with Crippen molar-refractivity contribution in [3.63, 3.8) is 0 Å². The van der Waals surface area contributed by atoms with Gasteiger partial charge in [0.2, 0.25) is 10.0 Å². The number of aromatic nitrogens is 1. The number of nitrogens with two attached hydrogens (primary N) is 1. The van der Waals surface area contributed by atoms with Crippen LogP contribution in [-0.2, 0) is 16.4 Å². The molecule has 1 atom stereocenters. The highest BCUT2D eigenvalue weighted by Gasteiger charge is 2.18. The zero-order chi connectivity index (χ0) is 15.3. The van der Waals surface area contributed by atoms with Crippen LogP contribution in [0.15, 0.2) is 46.0 Å². The summed E-state index contributed by atoms with van der Waals surface area (Å²) < 4.78 is 32.3. The molecule has 1 unspecified atom stereocenters. The first kappa shape index (κ1) is 15.5. The van der Waals surface area contributed by atoms with Crippen molar-refractivity contribution >= 4 is 15.8 Å². The van der Waals surface area contributed by atoms with Crippen molar-refractivity contribution in [3.05, 3.63) is 42.5 Å². The minimum absolute atomic E-state index is 0.121. The molecule has 0 aliphatic heterocycles. The SMILES string of the molecule is CC(CCc1ccco1)NS(=O)(=O)c1ccnc(NN)c1. The van der Waals surface area contributed by atoms with Gasteiger partial charge in [0.1, 0.15) is 11.6 Å². The van der Waals surface area contributed by atoms with E-state index in [0.29, 0.717) is 18.7 Å². The van der Waals surface area contributed by atoms with Crippen molar-refractivity contribution in [2.24, 2.45) is 5.84 Å². The molecule has 0 spiro atoms. The van der Waals surface area contributed by atoms with Gasteiger partial charge in [0.25, 0.3) is 0 Å². The van der Waals surface area contributed by atoms with Gasteiger partial charge in [-0.2, -0.15) is 0 Å². The summed E-state index contributed by atoms with van der Waals surface area (Å²) in [5, 5.41) is 0. The average molecular weight is 310 g/mol. The normalized spacial score (nSPS) is 13.0. The number of hydrogen-bond acceptors (Lipinski definition) is 6. The fraction of sp³-hybridized carbons (Fsp3) is 0.308. The van der Waals surface area contributed by atoms with Gasteiger partial charge in [0.05, 0.1) is 11.2 Å². The first-order valence-corrected chi connectivity index (χ1v) is 7.97. The Bertz CT molecular complexity index is 670. The molecule has 0 saturated carbocycles. The lowest BCUT2D eigenvalue weighted by Crippen LogP contribution is -2.33. The number of anilines is 1. The summed E-state index contributed by atoms with van der Waals surface area (Å²) in [6, 6.07) is 6.25. The van der Waals surface area contributed by atoms with E-state index in [9.17, 15) is 8.42 Å². The Morgan fingerprint density at radius 3 is 2.90 bits per heavy atom. The molecule has 2 aromatic heterocycles. The van der Waals surface area contributed by atoms with E-state index in [2.05, 4.69) is 15.1 Å². The van der Waals surface area contributed by atoms with Crippen molar-refractivity contribution in [1.29, 1.82) is 0 Å². The largest absolute Gasteiger partial charge is 0.469 e. The van der Waals surface area contributed by atoms with Gasteiger partial charge in [-0.25, -0.2) is 24.0 Å². The van der Waals surface area contributed by atoms with E-state index in [1.807, 2.05) is 19.1 Å². The predicted octanol–water partition coefficient (Wildman–Crippen LogP) is 1.26. The van der Waals surface area contributed by atoms with Gasteiger partial charge in [-0.15, -0.1) is 0 Å². The second kappa shape index (κ2) is 6.70. The Morgan fingerprint density at radius 1 is 1.43 bits per heavy atom. The van der Waals surface area contributed by atoms with Crippen molar-refractivity contribution in [2.45, 2.75) is 30.7 Å². The lowest BCUT2D eigenvalue weighted by molar-refractivity contribution is 0.480. The van der Waals surface area contributed by atoms with E-state index in [1.54, 1.807) is 6.26 Å². The topological polar surface area (TPSA) is 110 Å². The molecule has 0 fully saturated rings. The van der Waals surface area contributed by atoms with Crippen LogP contribution >= 0.6 is 0 Å². The minimum Gasteiger partial charge on any atom is -0.469 e. The fourth-order valence-corrected chi connectivity index (χ4v) is 3.15. The Balaban J connectivity index is 1.99. The second-order valence-electron chi connectivity index (χ2n) is 4.66. The molecule has 2 rings (SSSR count). The Kier molecular flexibility index (Phi) is 4.94. The molecule has 0 saturated heterocycles. The Morgan fingerprint density at radius 2 is 2.24 bits per heavy atom. The van der Waals surface area contributed by atoms with Gasteiger partial charge >= 0.3 is 0 Å². The van der Waals surface area contributed by atoms with Crippen molar-refractivity contribution in [1.82, 2.24) is 9.71 Å². The highest BCUT2D eigenvalue weighted by atomic mass is 32.2. The van der Waals surface area contributed by atoms with Crippen LogP contribution < -0.4 is 16.0 Å². The third kappa shape index (κ3) is 4.28. The third-order valence-corrected chi connectivity index (χ3v) is 4.54. The monoisotopic (exact) mass is 310 g/mol. The molecular formula is C13H18N4O3S. The van der Waals surface area contributed by atoms with Crippen LogP contribution in [-0.4, -0.2) is 19.4 Å². The molecule has 2 aromatic rings. The molecule has 7 nitrogen and oxygen atoms in total. The van der Waals surface area contributed by atoms with Crippen LogP contribution in [0.4, 0.5) is 5.82 Å². The fourth-order valence-electron chi connectivity index (χ4n) is 1.86. The summed E-state index contributed by atoms with van der Waals surface area (Å²) in [5.74, 6) is 6.35. The van der Waals surface area contributed by atoms with E-state index in [1.165, 1.54) is 18.3 Å². The predicted molar refractivity (Wildman–Crippen MR) is 78.9 cm³/mol. The number of nitrogens with one attached hydrogen (secondary N) is 2. The molecule has 8 heteroatoms. The number of sulfonamides is 1. The number of hydrogen-bond donors (Lipinski definition) is 3. The molecule has 21 heavy (non-hydrogen) atoms. The number of rotatable bonds is 7. The lowest BCUT2D eigenvalue weighted by Gasteiger charge is -2.14. The van der Waals surface area contributed by atoms with Gasteiger partial charge in [-0.1, -0.05) is 0 Å². The van der Waals surface area contributed by atoms with Crippen LogP contribution in [0.3, 0.4) is 0 Å². The van der Waals surface area contributed by atoms with Crippen LogP contribution in [0.25, 0.3) is 0 Å². The van der Waals surface area contributed by atoms with Crippen LogP contribution in [0.2, 0.25) is 0 Å². The van der Waals surface area contributed by atoms with Gasteiger partial charge in [0.15, 0.2) is 0 Å². The van der Waals surface area contributed by atoms with E-state index >= 15 is 0 Å². The lowest BCUT2D eigenvalue weighted by atomic mass is 10.2. The Labute approximate surface area is 123 Å². The molecule has 4 N–H and O–H groups in total. The second-order valence-corrected chi connectivity index (χ2v) is 6.38. The maximum absolute atomic E-state index is 12.2. The number of nitrogen functional groups attached to an aromatic ring is 1. The molecule has 0 amide bonds. The molecule has 0 aromatic carbocycles. The van der Waals surface area contributed by atoms with E-state index in [4.69, 9.17) is 10.3 Å². The molecule has 114 valence electrons. The summed E-state index contributed by atoms with van der Waals surface area (Å²) in [6.45, 7) is 1.81. The number of nitrogens with zero attached hydrogens (tertiary/aromatic N) is 1. The van der Waals surface area contributed by atoms with Crippen LogP contribution in [0, 0.1) is 0 Å². The first-order chi connectivity index (χ1) is 10.0. The number of aryl methyl sites for hydroxylation is 1. The zero-order valence-corrected chi connectivity index (χ0v) is 12.4. The average Bonchev–Trinajstić information content (AvgIpc) is 2.98. The highest BCUT2D eigenvalue weighted by molar-refractivity contribution is 7.89. The van der Waals surface area contributed by atoms with Gasteiger partial charge in [0, 0.05) is 24.7 Å². The number of furan rings is 1. The van der Waals surface area contributed by atoms with E-state index in [0.717, 1.165) is 5.76 Å². The number of pyridine rings is 1. The first-order valence-electron chi connectivity index (χ1n) is 6.48. The van der Waals surface area contributed by atoms with Crippen LogP contribution in [0.5, 0.6) is 0 Å². The summed E-state index contributed by atoms with van der Waals surface area (Å²) in [7, 11) is -3.60. The van der Waals surface area contributed by atoms with E-state index in [-0.39, 0.29) is 10.9 Å². The summed E-state index contributed by atoms with van der Waals surface area (Å²) >= 11 is 0. The summed E-state index contributed by atoms with van der Waals surface area (Å²) in [4.78, 5) is 4.00. The van der Waals surface area contributed by atoms with Crippen molar-refractivity contribution in [3.8, 4) is 0 Å². The van der Waals surface area contributed by atoms with Gasteiger partial charge in [-0.05, 0) is 31.5 Å². The molecular weight excluding hydrogens is 292 g/mol. The smallest absolute Gasteiger partial charge is 0.240 e. The highest BCUT2D eigenvalue weighted by Crippen LogP contribution is 2.13. The summed E-state index contributed by atoms with van der Waals surface area (Å²) in [6.07, 6.45) is 4.29. The quantitative estimate of drug-likeness (QED) is 0.524. The molecule has 2 heterocycles. The standard InChI is InChI=1S/C13H18N4O3S/c1-10(4-5-11-3-2-8-20-11)17-21(18,19)12-6-7-15-13(9-12)16-14/h2-3,6-10,17H,4-5,14H2,1H3,(H,15,16). The van der Waals surface area contributed by atoms with Crippen molar-refractivity contribution < 1.29 is 12.8 Å². The third-order valence-electron chi connectivity index (χ3n) is 2.95. The van der Waals surface area contributed by atoms with Gasteiger partial charge < -0.3 is 9.84 Å². The van der Waals surface area contributed by atoms with E-state index < -0.39 is 10.0 Å². The molecule has 0 radical (unpaired) electrons. The Hall–Kier alpha value is -1.90. The minimum atomic E-state index is -3.60. The molecule has 0 aliphatic rings. The molecule has 0 aliphatic carbocycles. The maximum atomic E-state index is 12.2.